The molecule has 0 unspecified atom stereocenters. The number of carbonyl (C=O) groups is 1. The Morgan fingerprint density at radius 3 is 2.84 bits per heavy atom. The molecule has 0 N–H and O–H groups in total. The van der Waals surface area contributed by atoms with Gasteiger partial charge in [-0.2, -0.15) is 10.2 Å². The third-order valence-corrected chi connectivity index (χ3v) is 2.99. The van der Waals surface area contributed by atoms with E-state index in [0.29, 0.717) is 6.54 Å². The van der Waals surface area contributed by atoms with Crippen LogP contribution in [0, 0.1) is 6.92 Å². The van der Waals surface area contributed by atoms with Crippen molar-refractivity contribution < 1.29 is 4.79 Å². The van der Waals surface area contributed by atoms with Gasteiger partial charge in [0, 0.05) is 26.0 Å². The summed E-state index contributed by atoms with van der Waals surface area (Å²) in [4.78, 5) is 13.8. The lowest BCUT2D eigenvalue weighted by atomic mass is 10.3. The highest BCUT2D eigenvalue weighted by Crippen LogP contribution is 2.04. The van der Waals surface area contributed by atoms with Crippen LogP contribution >= 0.6 is 0 Å². The van der Waals surface area contributed by atoms with Crippen molar-refractivity contribution in [2.75, 3.05) is 7.05 Å². The van der Waals surface area contributed by atoms with E-state index in [4.69, 9.17) is 0 Å². The Bertz CT molecular complexity index is 557. The summed E-state index contributed by atoms with van der Waals surface area (Å²) >= 11 is 0. The molecule has 0 spiro atoms. The van der Waals surface area contributed by atoms with E-state index in [9.17, 15) is 4.79 Å². The number of amides is 1. The number of likely N-dealkylation sites (N-methyl/N-ethyl adjacent to an activating group) is 1. The molecule has 0 saturated heterocycles. The second-order valence-electron chi connectivity index (χ2n) is 4.60. The largest absolute Gasteiger partial charge is 0.338 e. The average molecular weight is 261 g/mol. The molecule has 2 rings (SSSR count). The van der Waals surface area contributed by atoms with Crippen molar-refractivity contribution >= 4 is 5.91 Å². The lowest BCUT2D eigenvalue weighted by Crippen LogP contribution is -2.30. The van der Waals surface area contributed by atoms with Crippen LogP contribution in [0.4, 0.5) is 0 Å². The molecule has 0 radical (unpaired) electrons. The summed E-state index contributed by atoms with van der Waals surface area (Å²) in [5, 5.41) is 8.32. The Morgan fingerprint density at radius 1 is 1.42 bits per heavy atom. The minimum Gasteiger partial charge on any atom is -0.338 e. The lowest BCUT2D eigenvalue weighted by Gasteiger charge is -2.17. The van der Waals surface area contributed by atoms with E-state index < -0.39 is 0 Å². The molecule has 6 heteroatoms. The molecule has 2 heterocycles. The first-order valence-electron chi connectivity index (χ1n) is 6.34. The third-order valence-electron chi connectivity index (χ3n) is 2.99. The van der Waals surface area contributed by atoms with Crippen molar-refractivity contribution in [1.29, 1.82) is 0 Å². The first-order chi connectivity index (χ1) is 9.10. The lowest BCUT2D eigenvalue weighted by molar-refractivity contribution is -0.131. The predicted molar refractivity (Wildman–Crippen MR) is 71.3 cm³/mol. The normalized spacial score (nSPS) is 10.7. The Morgan fingerprint density at radius 2 is 2.21 bits per heavy atom. The highest BCUT2D eigenvalue weighted by molar-refractivity contribution is 5.75. The molecule has 6 nitrogen and oxygen atoms in total. The van der Waals surface area contributed by atoms with E-state index >= 15 is 0 Å². The van der Waals surface area contributed by atoms with Crippen molar-refractivity contribution in [3.63, 3.8) is 0 Å². The minimum absolute atomic E-state index is 0.0342. The van der Waals surface area contributed by atoms with Crippen LogP contribution in [0.2, 0.25) is 0 Å². The van der Waals surface area contributed by atoms with Crippen molar-refractivity contribution in [3.05, 3.63) is 35.9 Å². The molecule has 0 atom stereocenters. The van der Waals surface area contributed by atoms with Gasteiger partial charge in [0.15, 0.2) is 0 Å². The number of hydrogen-bond acceptors (Lipinski definition) is 3. The SMILES string of the molecule is CCn1nccc1CN(C)C(=O)Cn1cc(C)cn1. The summed E-state index contributed by atoms with van der Waals surface area (Å²) in [5.41, 5.74) is 2.09. The van der Waals surface area contributed by atoms with E-state index in [1.807, 2.05) is 30.8 Å². The highest BCUT2D eigenvalue weighted by atomic mass is 16.2. The third kappa shape index (κ3) is 3.21. The second-order valence-corrected chi connectivity index (χ2v) is 4.60. The molecule has 0 saturated carbocycles. The highest BCUT2D eigenvalue weighted by Gasteiger charge is 2.12. The van der Waals surface area contributed by atoms with E-state index in [1.165, 1.54) is 0 Å². The van der Waals surface area contributed by atoms with Gasteiger partial charge in [-0.15, -0.1) is 0 Å². The molecule has 0 bridgehead atoms. The van der Waals surface area contributed by atoms with E-state index in [2.05, 4.69) is 10.2 Å². The number of aryl methyl sites for hydroxylation is 2. The molecular formula is C13H19N5O. The van der Waals surface area contributed by atoms with Gasteiger partial charge in [0.25, 0.3) is 0 Å². The zero-order valence-corrected chi connectivity index (χ0v) is 11.6. The molecule has 0 aromatic carbocycles. The van der Waals surface area contributed by atoms with E-state index in [1.54, 1.807) is 29.0 Å². The Balaban J connectivity index is 1.96. The maximum Gasteiger partial charge on any atom is 0.244 e. The number of aromatic nitrogens is 4. The van der Waals surface area contributed by atoms with Gasteiger partial charge in [-0.25, -0.2) is 0 Å². The monoisotopic (exact) mass is 261 g/mol. The summed E-state index contributed by atoms with van der Waals surface area (Å²) in [6.45, 7) is 5.63. The molecule has 102 valence electrons. The van der Waals surface area contributed by atoms with Gasteiger partial charge in [-0.3, -0.25) is 14.2 Å². The van der Waals surface area contributed by atoms with Crippen LogP contribution in [-0.2, 0) is 24.4 Å². The topological polar surface area (TPSA) is 56.0 Å². The van der Waals surface area contributed by atoms with Gasteiger partial charge in [0.05, 0.1) is 18.4 Å². The van der Waals surface area contributed by atoms with Crippen LogP contribution in [0.1, 0.15) is 18.2 Å². The van der Waals surface area contributed by atoms with Crippen molar-refractivity contribution in [3.8, 4) is 0 Å². The first kappa shape index (κ1) is 13.3. The smallest absolute Gasteiger partial charge is 0.244 e. The summed E-state index contributed by atoms with van der Waals surface area (Å²) in [6, 6.07) is 1.94. The summed E-state index contributed by atoms with van der Waals surface area (Å²) in [6.07, 6.45) is 5.37. The van der Waals surface area contributed by atoms with Crippen LogP contribution in [0.15, 0.2) is 24.7 Å². The van der Waals surface area contributed by atoms with Gasteiger partial charge in [-0.1, -0.05) is 0 Å². The molecule has 0 aliphatic rings. The van der Waals surface area contributed by atoms with Gasteiger partial charge in [0.1, 0.15) is 6.54 Å². The molecule has 2 aromatic heterocycles. The van der Waals surface area contributed by atoms with Crippen molar-refractivity contribution in [2.24, 2.45) is 0 Å². The summed E-state index contributed by atoms with van der Waals surface area (Å²) in [5.74, 6) is 0.0342. The molecular weight excluding hydrogens is 242 g/mol. The van der Waals surface area contributed by atoms with Crippen molar-refractivity contribution in [2.45, 2.75) is 33.5 Å². The predicted octanol–water partition coefficient (Wildman–Crippen LogP) is 1.07. The zero-order valence-electron chi connectivity index (χ0n) is 11.6. The van der Waals surface area contributed by atoms with Crippen LogP contribution in [0.25, 0.3) is 0 Å². The summed E-state index contributed by atoms with van der Waals surface area (Å²) < 4.78 is 3.55. The standard InChI is InChI=1S/C13H19N5O/c1-4-18-12(5-6-14-18)9-16(3)13(19)10-17-8-11(2)7-15-17/h5-8H,4,9-10H2,1-3H3. The maximum atomic E-state index is 12.1. The van der Waals surface area contributed by atoms with E-state index in [0.717, 1.165) is 17.8 Å². The molecule has 0 fully saturated rings. The van der Waals surface area contributed by atoms with Crippen LogP contribution < -0.4 is 0 Å². The van der Waals surface area contributed by atoms with Crippen LogP contribution in [0.5, 0.6) is 0 Å². The fourth-order valence-electron chi connectivity index (χ4n) is 1.92. The number of nitrogens with zero attached hydrogens (tertiary/aromatic N) is 5. The maximum absolute atomic E-state index is 12.1. The van der Waals surface area contributed by atoms with Gasteiger partial charge >= 0.3 is 0 Å². The summed E-state index contributed by atoms with van der Waals surface area (Å²) in [7, 11) is 1.80. The van der Waals surface area contributed by atoms with Crippen LogP contribution in [-0.4, -0.2) is 37.4 Å². The number of rotatable bonds is 5. The fourth-order valence-corrected chi connectivity index (χ4v) is 1.92. The minimum atomic E-state index is 0.0342. The van der Waals surface area contributed by atoms with Gasteiger partial charge < -0.3 is 4.90 Å². The molecule has 0 aliphatic carbocycles. The second kappa shape index (κ2) is 5.69. The van der Waals surface area contributed by atoms with Crippen LogP contribution in [0.3, 0.4) is 0 Å². The first-order valence-corrected chi connectivity index (χ1v) is 6.34. The van der Waals surface area contributed by atoms with Crippen molar-refractivity contribution in [1.82, 2.24) is 24.5 Å². The average Bonchev–Trinajstić information content (AvgIpc) is 2.98. The fraction of sp³-hybridized carbons (Fsp3) is 0.462. The Labute approximate surface area is 112 Å². The molecule has 2 aromatic rings. The Hall–Kier alpha value is -2.11. The molecule has 1 amide bonds. The zero-order chi connectivity index (χ0) is 13.8. The van der Waals surface area contributed by atoms with Gasteiger partial charge in [0.2, 0.25) is 5.91 Å². The van der Waals surface area contributed by atoms with E-state index in [-0.39, 0.29) is 12.5 Å². The number of hydrogen-bond donors (Lipinski definition) is 0. The molecule has 19 heavy (non-hydrogen) atoms. The quantitative estimate of drug-likeness (QED) is 0.809. The Kier molecular flexibility index (Phi) is 3.99. The van der Waals surface area contributed by atoms with Gasteiger partial charge in [-0.05, 0) is 25.5 Å². The molecule has 0 aliphatic heterocycles. The number of carbonyl (C=O) groups excluding carboxylic acids is 1.